The van der Waals surface area contributed by atoms with Crippen molar-refractivity contribution >= 4 is 5.91 Å². The van der Waals surface area contributed by atoms with Crippen molar-refractivity contribution in [2.75, 3.05) is 13.2 Å². The molecule has 0 saturated heterocycles. The van der Waals surface area contributed by atoms with Gasteiger partial charge in [0.05, 0.1) is 0 Å². The van der Waals surface area contributed by atoms with Crippen molar-refractivity contribution in [3.8, 4) is 5.75 Å². The number of amides is 1. The number of benzene rings is 1. The van der Waals surface area contributed by atoms with Crippen molar-refractivity contribution in [1.82, 2.24) is 10.6 Å². The van der Waals surface area contributed by atoms with Crippen molar-refractivity contribution in [2.24, 2.45) is 0 Å². The lowest BCUT2D eigenvalue weighted by Gasteiger charge is -2.23. The molecule has 1 amide bonds. The molecule has 0 saturated carbocycles. The highest BCUT2D eigenvalue weighted by molar-refractivity contribution is 5.72. The van der Waals surface area contributed by atoms with Crippen molar-refractivity contribution in [3.05, 3.63) is 29.8 Å². The largest absolute Gasteiger partial charge is 0.491 e. The summed E-state index contributed by atoms with van der Waals surface area (Å²) in [6.45, 7) is 8.88. The summed E-state index contributed by atoms with van der Waals surface area (Å²) < 4.78 is 5.54. The zero-order valence-corrected chi connectivity index (χ0v) is 13.3. The molecule has 5 nitrogen and oxygen atoms in total. The van der Waals surface area contributed by atoms with Crippen molar-refractivity contribution in [3.63, 3.8) is 0 Å². The van der Waals surface area contributed by atoms with E-state index in [1.165, 1.54) is 6.92 Å². The van der Waals surface area contributed by atoms with Gasteiger partial charge < -0.3 is 20.5 Å². The summed E-state index contributed by atoms with van der Waals surface area (Å²) in [5.41, 5.74) is 0.985. The summed E-state index contributed by atoms with van der Waals surface area (Å²) in [5, 5.41) is 15.8. The third kappa shape index (κ3) is 8.32. The molecule has 0 aliphatic carbocycles. The van der Waals surface area contributed by atoms with Gasteiger partial charge in [-0.1, -0.05) is 12.1 Å². The van der Waals surface area contributed by atoms with Crippen LogP contribution < -0.4 is 15.4 Å². The number of carbonyl (C=O) groups is 1. The van der Waals surface area contributed by atoms with Gasteiger partial charge >= 0.3 is 0 Å². The maximum Gasteiger partial charge on any atom is 0.217 e. The van der Waals surface area contributed by atoms with Gasteiger partial charge in [0.15, 0.2) is 0 Å². The molecule has 0 heterocycles. The lowest BCUT2D eigenvalue weighted by Crippen LogP contribution is -2.42. The van der Waals surface area contributed by atoms with Gasteiger partial charge in [-0.05, 0) is 38.5 Å². The van der Waals surface area contributed by atoms with E-state index >= 15 is 0 Å². The second-order valence-corrected chi connectivity index (χ2v) is 6.15. The third-order valence-corrected chi connectivity index (χ3v) is 2.78. The number of nitrogens with one attached hydrogen (secondary N) is 2. The Kier molecular flexibility index (Phi) is 6.65. The predicted octanol–water partition coefficient (Wildman–Crippen LogP) is 1.45. The lowest BCUT2D eigenvalue weighted by atomic mass is 10.1. The van der Waals surface area contributed by atoms with Crippen LogP contribution in [0.5, 0.6) is 5.75 Å². The third-order valence-electron chi connectivity index (χ3n) is 2.78. The van der Waals surface area contributed by atoms with E-state index in [0.717, 1.165) is 5.56 Å². The first-order chi connectivity index (χ1) is 9.76. The Hall–Kier alpha value is -1.59. The van der Waals surface area contributed by atoms with E-state index in [2.05, 4.69) is 10.6 Å². The van der Waals surface area contributed by atoms with Crippen LogP contribution in [0, 0.1) is 0 Å². The quantitative estimate of drug-likeness (QED) is 0.712. The van der Waals surface area contributed by atoms with Crippen LogP contribution >= 0.6 is 0 Å². The Bertz CT molecular complexity index is 438. The van der Waals surface area contributed by atoms with Crippen LogP contribution in [0.3, 0.4) is 0 Å². The molecule has 0 aromatic heterocycles. The zero-order chi connectivity index (χ0) is 15.9. The number of β-amino-alcohol motifs (C(OH)–C–C–N with tert-alkyl or cyclic N) is 1. The van der Waals surface area contributed by atoms with E-state index in [1.54, 1.807) is 0 Å². The molecule has 0 radical (unpaired) electrons. The zero-order valence-electron chi connectivity index (χ0n) is 13.3. The lowest BCUT2D eigenvalue weighted by molar-refractivity contribution is -0.119. The van der Waals surface area contributed by atoms with Crippen LogP contribution in [0.2, 0.25) is 0 Å². The molecule has 1 aromatic carbocycles. The Morgan fingerprint density at radius 1 is 1.29 bits per heavy atom. The van der Waals surface area contributed by atoms with Gasteiger partial charge in [-0.3, -0.25) is 4.79 Å². The summed E-state index contributed by atoms with van der Waals surface area (Å²) in [4.78, 5) is 10.8. The number of hydrogen-bond donors (Lipinski definition) is 3. The monoisotopic (exact) mass is 294 g/mol. The number of ether oxygens (including phenoxy) is 1. The van der Waals surface area contributed by atoms with E-state index in [-0.39, 0.29) is 18.1 Å². The second-order valence-electron chi connectivity index (χ2n) is 6.15. The molecular weight excluding hydrogens is 268 g/mol. The Morgan fingerprint density at radius 2 is 1.90 bits per heavy atom. The average Bonchev–Trinajstić information content (AvgIpc) is 2.41. The summed E-state index contributed by atoms with van der Waals surface area (Å²) in [5.74, 6) is 0.654. The van der Waals surface area contributed by atoms with Gasteiger partial charge in [-0.15, -0.1) is 0 Å². The topological polar surface area (TPSA) is 70.6 Å². The summed E-state index contributed by atoms with van der Waals surface area (Å²) in [6.07, 6.45) is -0.553. The first kappa shape index (κ1) is 17.5. The highest BCUT2D eigenvalue weighted by atomic mass is 16.5. The fraction of sp³-hybridized carbons (Fsp3) is 0.562. The minimum Gasteiger partial charge on any atom is -0.491 e. The van der Waals surface area contributed by atoms with E-state index < -0.39 is 6.10 Å². The Balaban J connectivity index is 2.33. The summed E-state index contributed by atoms with van der Waals surface area (Å²) in [7, 11) is 0. The normalized spacial score (nSPS) is 12.8. The Labute approximate surface area is 126 Å². The van der Waals surface area contributed by atoms with Gasteiger partial charge in [0, 0.05) is 25.6 Å². The molecular formula is C16H26N2O3. The SMILES string of the molecule is CC(=O)NCc1ccc(OC[C@H](O)CNC(C)(C)C)cc1. The number of aliphatic hydroxyl groups excluding tert-OH is 1. The molecule has 3 N–H and O–H groups in total. The fourth-order valence-corrected chi connectivity index (χ4v) is 1.61. The molecule has 0 fully saturated rings. The van der Waals surface area contributed by atoms with Gasteiger partial charge in [-0.2, -0.15) is 0 Å². The van der Waals surface area contributed by atoms with Crippen molar-refractivity contribution < 1.29 is 14.6 Å². The molecule has 0 aliphatic heterocycles. The van der Waals surface area contributed by atoms with Gasteiger partial charge in [0.25, 0.3) is 0 Å². The van der Waals surface area contributed by atoms with E-state index in [1.807, 2.05) is 45.0 Å². The predicted molar refractivity (Wildman–Crippen MR) is 83.2 cm³/mol. The summed E-state index contributed by atoms with van der Waals surface area (Å²) >= 11 is 0. The van der Waals surface area contributed by atoms with E-state index in [9.17, 15) is 9.90 Å². The molecule has 1 aromatic rings. The molecule has 0 spiro atoms. The number of rotatable bonds is 7. The fourth-order valence-electron chi connectivity index (χ4n) is 1.61. The van der Waals surface area contributed by atoms with Gasteiger partial charge in [0.2, 0.25) is 5.91 Å². The second kappa shape index (κ2) is 8.00. The molecule has 0 bridgehead atoms. The van der Waals surface area contributed by atoms with E-state index in [0.29, 0.717) is 18.8 Å². The number of hydrogen-bond acceptors (Lipinski definition) is 4. The van der Waals surface area contributed by atoms with Crippen molar-refractivity contribution in [2.45, 2.75) is 45.9 Å². The van der Waals surface area contributed by atoms with Crippen LogP contribution in [-0.4, -0.2) is 35.8 Å². The molecule has 0 unspecified atom stereocenters. The van der Waals surface area contributed by atoms with Crippen LogP contribution in [0.1, 0.15) is 33.3 Å². The molecule has 0 aliphatic rings. The van der Waals surface area contributed by atoms with E-state index in [4.69, 9.17) is 4.74 Å². The molecule has 1 rings (SSSR count). The number of carbonyl (C=O) groups excluding carboxylic acids is 1. The Morgan fingerprint density at radius 3 is 2.43 bits per heavy atom. The standard InChI is InChI=1S/C16H26N2O3/c1-12(19)17-9-13-5-7-15(8-6-13)21-11-14(20)10-18-16(2,3)4/h5-8,14,18,20H,9-11H2,1-4H3,(H,17,19)/t14-/m1/s1. The highest BCUT2D eigenvalue weighted by Crippen LogP contribution is 2.12. The molecule has 1 atom stereocenters. The molecule has 5 heteroatoms. The number of aliphatic hydroxyl groups is 1. The van der Waals surface area contributed by atoms with Crippen LogP contribution in [0.4, 0.5) is 0 Å². The first-order valence-electron chi connectivity index (χ1n) is 7.15. The van der Waals surface area contributed by atoms with Crippen LogP contribution in [0.25, 0.3) is 0 Å². The molecule has 21 heavy (non-hydrogen) atoms. The maximum absolute atomic E-state index is 10.8. The van der Waals surface area contributed by atoms with Crippen LogP contribution in [-0.2, 0) is 11.3 Å². The smallest absolute Gasteiger partial charge is 0.217 e. The van der Waals surface area contributed by atoms with Gasteiger partial charge in [0.1, 0.15) is 18.5 Å². The maximum atomic E-state index is 10.8. The van der Waals surface area contributed by atoms with Crippen molar-refractivity contribution in [1.29, 1.82) is 0 Å². The summed E-state index contributed by atoms with van der Waals surface area (Å²) in [6, 6.07) is 7.46. The highest BCUT2D eigenvalue weighted by Gasteiger charge is 2.12. The average molecular weight is 294 g/mol. The van der Waals surface area contributed by atoms with Crippen LogP contribution in [0.15, 0.2) is 24.3 Å². The minimum atomic E-state index is -0.553. The van der Waals surface area contributed by atoms with Gasteiger partial charge in [-0.25, -0.2) is 0 Å². The first-order valence-corrected chi connectivity index (χ1v) is 7.15. The minimum absolute atomic E-state index is 0.0215. The molecule has 118 valence electrons.